The number of nitrogens with zero attached hydrogens (tertiary/aromatic N) is 4. The van der Waals surface area contributed by atoms with Gasteiger partial charge in [-0.2, -0.15) is 0 Å². The number of aromatic nitrogens is 3. The number of hydrogen-bond acceptors (Lipinski definition) is 5. The van der Waals surface area contributed by atoms with Crippen LogP contribution in [0.15, 0.2) is 12.5 Å². The Kier molecular flexibility index (Phi) is 2.65. The Hall–Kier alpha value is -1.30. The van der Waals surface area contributed by atoms with Crippen LogP contribution in [0.1, 0.15) is 32.1 Å². The number of rotatable bonds is 3. The molecule has 3 aliphatic rings. The van der Waals surface area contributed by atoms with E-state index in [2.05, 4.69) is 25.4 Å². The largest absolute Gasteiger partial charge is 0.348 e. The van der Waals surface area contributed by atoms with Crippen molar-refractivity contribution in [2.75, 3.05) is 4.90 Å². The van der Waals surface area contributed by atoms with Crippen LogP contribution in [-0.2, 0) is 0 Å². The Balaban J connectivity index is 1.59. The molecule has 3 heterocycles. The Morgan fingerprint density at radius 3 is 2.79 bits per heavy atom. The Morgan fingerprint density at radius 2 is 2.11 bits per heavy atom. The first-order valence-electron chi connectivity index (χ1n) is 7.12. The van der Waals surface area contributed by atoms with E-state index in [1.54, 1.807) is 6.20 Å². The van der Waals surface area contributed by atoms with Crippen molar-refractivity contribution >= 4 is 5.82 Å². The molecule has 0 amide bonds. The minimum absolute atomic E-state index is 0.0228. The van der Waals surface area contributed by atoms with E-state index in [0.717, 1.165) is 18.7 Å². The lowest BCUT2D eigenvalue weighted by molar-refractivity contribution is 0.271. The third-order valence-electron chi connectivity index (χ3n) is 4.55. The van der Waals surface area contributed by atoms with E-state index < -0.39 is 6.17 Å². The third-order valence-corrected chi connectivity index (χ3v) is 4.55. The topological polar surface area (TPSA) is 53.9 Å². The Morgan fingerprint density at radius 1 is 1.21 bits per heavy atom. The number of halogens is 1. The van der Waals surface area contributed by atoms with Crippen molar-refractivity contribution in [1.82, 2.24) is 20.5 Å². The molecule has 2 bridgehead atoms. The molecule has 2 saturated heterocycles. The van der Waals surface area contributed by atoms with Crippen molar-refractivity contribution in [1.29, 1.82) is 0 Å². The molecule has 4 rings (SSSR count). The highest BCUT2D eigenvalue weighted by Crippen LogP contribution is 2.38. The minimum atomic E-state index is -0.684. The summed E-state index contributed by atoms with van der Waals surface area (Å²) in [5.41, 5.74) is 0. The van der Waals surface area contributed by atoms with Crippen LogP contribution >= 0.6 is 0 Å². The number of hydrogen-bond donors (Lipinski definition) is 1. The number of anilines is 1. The zero-order chi connectivity index (χ0) is 12.8. The molecular formula is C13H18FN5. The second-order valence-electron chi connectivity index (χ2n) is 5.95. The standard InChI is InChI=1S/C13H18FN5/c14-11-4-8-3-10(5-12(11)17-8)19(9-1-2-9)13-6-15-7-16-18-13/h6-12,17H,1-5H2/t8-,10+,11+,12+/m1/s1. The van der Waals surface area contributed by atoms with Crippen molar-refractivity contribution < 1.29 is 4.39 Å². The molecule has 0 radical (unpaired) electrons. The zero-order valence-electron chi connectivity index (χ0n) is 10.7. The molecule has 1 aliphatic carbocycles. The minimum Gasteiger partial charge on any atom is -0.348 e. The molecule has 4 atom stereocenters. The normalized spacial score (nSPS) is 37.3. The van der Waals surface area contributed by atoms with Crippen LogP contribution < -0.4 is 10.2 Å². The van der Waals surface area contributed by atoms with Gasteiger partial charge >= 0.3 is 0 Å². The predicted molar refractivity (Wildman–Crippen MR) is 68.6 cm³/mol. The molecule has 0 aromatic carbocycles. The van der Waals surface area contributed by atoms with E-state index in [9.17, 15) is 4.39 Å². The Bertz CT molecular complexity index is 450. The van der Waals surface area contributed by atoms with Gasteiger partial charge in [-0.05, 0) is 32.1 Å². The highest BCUT2D eigenvalue weighted by atomic mass is 19.1. The van der Waals surface area contributed by atoms with Crippen LogP contribution in [0.5, 0.6) is 0 Å². The lowest BCUT2D eigenvalue weighted by Gasteiger charge is -2.38. The summed E-state index contributed by atoms with van der Waals surface area (Å²) in [6, 6.07) is 1.28. The van der Waals surface area contributed by atoms with E-state index in [4.69, 9.17) is 0 Å². The first-order valence-corrected chi connectivity index (χ1v) is 7.12. The summed E-state index contributed by atoms with van der Waals surface area (Å²) in [6.07, 6.45) is 7.49. The lowest BCUT2D eigenvalue weighted by Crippen LogP contribution is -2.50. The SMILES string of the molecule is F[C@H]1C[C@H]2C[C@H](N(c3cncnn3)C3CC3)C[C@@H]1N2. The molecule has 102 valence electrons. The monoisotopic (exact) mass is 263 g/mol. The van der Waals surface area contributed by atoms with Gasteiger partial charge in [0.2, 0.25) is 0 Å². The van der Waals surface area contributed by atoms with Crippen LogP contribution in [0.25, 0.3) is 0 Å². The second kappa shape index (κ2) is 4.37. The van der Waals surface area contributed by atoms with Crippen LogP contribution in [0.4, 0.5) is 10.2 Å². The lowest BCUT2D eigenvalue weighted by atomic mass is 9.98. The fourth-order valence-electron chi connectivity index (χ4n) is 3.62. The van der Waals surface area contributed by atoms with Gasteiger partial charge in [0.25, 0.3) is 0 Å². The Labute approximate surface area is 111 Å². The first-order chi connectivity index (χ1) is 9.31. The number of nitrogens with one attached hydrogen (secondary N) is 1. The summed E-state index contributed by atoms with van der Waals surface area (Å²) in [5, 5.41) is 11.5. The first kappa shape index (κ1) is 11.5. The number of piperidine rings is 1. The van der Waals surface area contributed by atoms with E-state index >= 15 is 0 Å². The summed E-state index contributed by atoms with van der Waals surface area (Å²) in [5.74, 6) is 0.853. The fourth-order valence-corrected chi connectivity index (χ4v) is 3.62. The fraction of sp³-hybridized carbons (Fsp3) is 0.769. The summed E-state index contributed by atoms with van der Waals surface area (Å²) in [6.45, 7) is 0. The van der Waals surface area contributed by atoms with E-state index in [-0.39, 0.29) is 6.04 Å². The van der Waals surface area contributed by atoms with Crippen molar-refractivity contribution in [3.63, 3.8) is 0 Å². The molecule has 2 aliphatic heterocycles. The van der Waals surface area contributed by atoms with Gasteiger partial charge in [0.05, 0.1) is 6.20 Å². The molecule has 3 fully saturated rings. The quantitative estimate of drug-likeness (QED) is 0.884. The molecule has 5 nitrogen and oxygen atoms in total. The zero-order valence-corrected chi connectivity index (χ0v) is 10.7. The summed E-state index contributed by atoms with van der Waals surface area (Å²) in [4.78, 5) is 6.42. The van der Waals surface area contributed by atoms with Crippen molar-refractivity contribution in [2.45, 2.75) is 62.4 Å². The van der Waals surface area contributed by atoms with Crippen molar-refractivity contribution in [2.24, 2.45) is 0 Å². The number of fused-ring (bicyclic) bond motifs is 2. The van der Waals surface area contributed by atoms with Gasteiger partial charge in [-0.25, -0.2) is 9.37 Å². The molecule has 1 aromatic rings. The maximum atomic E-state index is 13.8. The van der Waals surface area contributed by atoms with Crippen molar-refractivity contribution in [3.8, 4) is 0 Å². The van der Waals surface area contributed by atoms with Crippen molar-refractivity contribution in [3.05, 3.63) is 12.5 Å². The summed E-state index contributed by atoms with van der Waals surface area (Å²) >= 11 is 0. The van der Waals surface area contributed by atoms with Crippen LogP contribution in [-0.4, -0.2) is 45.5 Å². The molecule has 1 saturated carbocycles. The molecule has 1 N–H and O–H groups in total. The van der Waals surface area contributed by atoms with Crippen LogP contribution in [0.2, 0.25) is 0 Å². The van der Waals surface area contributed by atoms with Gasteiger partial charge < -0.3 is 10.2 Å². The van der Waals surface area contributed by atoms with Gasteiger partial charge in [-0.1, -0.05) is 0 Å². The van der Waals surface area contributed by atoms with E-state index in [0.29, 0.717) is 24.5 Å². The molecule has 6 heteroatoms. The highest BCUT2D eigenvalue weighted by molar-refractivity contribution is 5.40. The van der Waals surface area contributed by atoms with Gasteiger partial charge in [-0.15, -0.1) is 10.2 Å². The predicted octanol–water partition coefficient (Wildman–Crippen LogP) is 1.07. The highest BCUT2D eigenvalue weighted by Gasteiger charge is 2.45. The smallest absolute Gasteiger partial charge is 0.170 e. The molecule has 0 spiro atoms. The summed E-state index contributed by atoms with van der Waals surface area (Å²) < 4.78 is 13.8. The molecular weight excluding hydrogens is 245 g/mol. The van der Waals surface area contributed by atoms with E-state index in [1.165, 1.54) is 19.2 Å². The average Bonchev–Trinajstić information content (AvgIpc) is 3.20. The van der Waals surface area contributed by atoms with Gasteiger partial charge in [0.15, 0.2) is 5.82 Å². The number of alkyl halides is 1. The second-order valence-corrected chi connectivity index (χ2v) is 5.95. The summed E-state index contributed by atoms with van der Waals surface area (Å²) in [7, 11) is 0. The molecule has 0 unspecified atom stereocenters. The average molecular weight is 263 g/mol. The third kappa shape index (κ3) is 2.08. The molecule has 19 heavy (non-hydrogen) atoms. The maximum Gasteiger partial charge on any atom is 0.170 e. The maximum absolute atomic E-state index is 13.8. The molecule has 1 aromatic heterocycles. The van der Waals surface area contributed by atoms with Gasteiger partial charge in [0, 0.05) is 24.2 Å². The van der Waals surface area contributed by atoms with Gasteiger partial charge in [0.1, 0.15) is 12.5 Å². The van der Waals surface area contributed by atoms with E-state index in [1.807, 2.05) is 0 Å². The van der Waals surface area contributed by atoms with Crippen LogP contribution in [0, 0.1) is 0 Å². The van der Waals surface area contributed by atoms with Gasteiger partial charge in [-0.3, -0.25) is 0 Å². The van der Waals surface area contributed by atoms with Crippen LogP contribution in [0.3, 0.4) is 0 Å².